The molecule has 3 aliphatic rings. The van der Waals surface area contributed by atoms with E-state index in [1.165, 1.54) is 11.0 Å². The zero-order chi connectivity index (χ0) is 32.4. The molecule has 0 radical (unpaired) electrons. The Hall–Kier alpha value is -4.05. The molecule has 3 heterocycles. The fourth-order valence-electron chi connectivity index (χ4n) is 7.43. The summed E-state index contributed by atoms with van der Waals surface area (Å²) >= 11 is 0. The molecule has 1 aliphatic carbocycles. The number of likely N-dealkylation sites (tertiary alicyclic amines) is 1. The molecular formula is C36H40F2N4O4. The Bertz CT molecular complexity index is 1820. The van der Waals surface area contributed by atoms with Gasteiger partial charge in [0.05, 0.1) is 17.6 Å². The lowest BCUT2D eigenvalue weighted by Crippen LogP contribution is -2.63. The Morgan fingerprint density at radius 2 is 1.76 bits per heavy atom. The maximum atomic E-state index is 16.8. The van der Waals surface area contributed by atoms with Crippen LogP contribution in [-0.2, 0) is 4.74 Å². The number of aromatic nitrogens is 2. The molecule has 1 saturated carbocycles. The Morgan fingerprint density at radius 1 is 1.04 bits per heavy atom. The van der Waals surface area contributed by atoms with Gasteiger partial charge in [0.15, 0.2) is 5.82 Å². The van der Waals surface area contributed by atoms with Gasteiger partial charge < -0.3 is 24.4 Å². The van der Waals surface area contributed by atoms with Gasteiger partial charge in [0.25, 0.3) is 0 Å². The highest BCUT2D eigenvalue weighted by Gasteiger charge is 2.47. The van der Waals surface area contributed by atoms with E-state index in [1.54, 1.807) is 26.8 Å². The molecular weight excluding hydrogens is 590 g/mol. The van der Waals surface area contributed by atoms with E-state index < -0.39 is 28.7 Å². The fraction of sp³-hybridized carbons (Fsp3) is 0.472. The summed E-state index contributed by atoms with van der Waals surface area (Å²) in [5.74, 6) is 0.0302. The zero-order valence-corrected chi connectivity index (χ0v) is 26.8. The average Bonchev–Trinajstić information content (AvgIpc) is 3.32. The van der Waals surface area contributed by atoms with Crippen molar-refractivity contribution in [3.63, 3.8) is 0 Å². The van der Waals surface area contributed by atoms with Crippen molar-refractivity contribution in [2.75, 3.05) is 44.3 Å². The molecule has 3 fully saturated rings. The molecule has 2 bridgehead atoms. The first-order valence-corrected chi connectivity index (χ1v) is 16.1. The van der Waals surface area contributed by atoms with Crippen molar-refractivity contribution in [3.05, 3.63) is 59.7 Å². The van der Waals surface area contributed by atoms with Crippen LogP contribution in [0.25, 0.3) is 32.8 Å². The second kappa shape index (κ2) is 11.3. The predicted octanol–water partition coefficient (Wildman–Crippen LogP) is 6.88. The van der Waals surface area contributed by atoms with Crippen molar-refractivity contribution in [1.29, 1.82) is 0 Å². The van der Waals surface area contributed by atoms with Crippen LogP contribution in [-0.4, -0.2) is 71.1 Å². The molecule has 7 rings (SSSR count). The molecule has 2 atom stereocenters. The van der Waals surface area contributed by atoms with Crippen LogP contribution in [0.1, 0.15) is 45.6 Å². The largest absolute Gasteiger partial charge is 0.463 e. The van der Waals surface area contributed by atoms with Gasteiger partial charge in [-0.3, -0.25) is 0 Å². The van der Waals surface area contributed by atoms with E-state index in [9.17, 15) is 9.90 Å². The standard InChI is InChI=1S/C36H40F2N4O4/c1-21-11-24-7-5-6-8-25(24)26(12-21)29-28(37)14-27-31(30(29)38)39-33(40-32(27)41-15-22-9-10-23(13-22)16-41)45-20-36(19-43)17-42(18-36)34(44)46-35(2,3)4/h5-8,11-12,14,22-23,43H,9-10,13,15-20H2,1-4H3. The van der Waals surface area contributed by atoms with Crippen molar-refractivity contribution in [2.45, 2.75) is 52.6 Å². The van der Waals surface area contributed by atoms with Gasteiger partial charge in [0, 0.05) is 31.6 Å². The van der Waals surface area contributed by atoms with Crippen LogP contribution in [0.5, 0.6) is 6.01 Å². The van der Waals surface area contributed by atoms with E-state index in [1.807, 2.05) is 37.3 Å². The zero-order valence-electron chi connectivity index (χ0n) is 26.8. The Morgan fingerprint density at radius 3 is 2.46 bits per heavy atom. The van der Waals surface area contributed by atoms with Crippen LogP contribution in [0.4, 0.5) is 19.4 Å². The van der Waals surface area contributed by atoms with Gasteiger partial charge in [0.2, 0.25) is 0 Å². The summed E-state index contributed by atoms with van der Waals surface area (Å²) in [4.78, 5) is 25.4. The number of hydrogen-bond acceptors (Lipinski definition) is 7. The van der Waals surface area contributed by atoms with Gasteiger partial charge in [-0.15, -0.1) is 0 Å². The lowest BCUT2D eigenvalue weighted by atomic mass is 9.82. The van der Waals surface area contributed by atoms with Gasteiger partial charge in [-0.1, -0.05) is 36.4 Å². The summed E-state index contributed by atoms with van der Waals surface area (Å²) in [6, 6.07) is 12.7. The topological polar surface area (TPSA) is 88.0 Å². The normalized spacial score (nSPS) is 20.7. The number of rotatable bonds is 6. The number of amides is 1. The quantitative estimate of drug-likeness (QED) is 0.249. The van der Waals surface area contributed by atoms with Gasteiger partial charge in [-0.25, -0.2) is 13.6 Å². The number of piperidine rings is 1. The number of benzene rings is 3. The van der Waals surface area contributed by atoms with Gasteiger partial charge in [-0.2, -0.15) is 9.97 Å². The van der Waals surface area contributed by atoms with Crippen LogP contribution in [0.15, 0.2) is 42.5 Å². The van der Waals surface area contributed by atoms with Gasteiger partial charge in [0.1, 0.15) is 29.4 Å². The van der Waals surface area contributed by atoms with Crippen molar-refractivity contribution >= 4 is 33.6 Å². The van der Waals surface area contributed by atoms with E-state index in [2.05, 4.69) is 9.88 Å². The first-order valence-electron chi connectivity index (χ1n) is 16.1. The number of fused-ring (bicyclic) bond motifs is 4. The number of hydrogen-bond donors (Lipinski definition) is 1. The van der Waals surface area contributed by atoms with Crippen LogP contribution in [0.3, 0.4) is 0 Å². The number of anilines is 1. The smallest absolute Gasteiger partial charge is 0.410 e. The number of aliphatic hydroxyl groups is 1. The average molecular weight is 631 g/mol. The third kappa shape index (κ3) is 5.61. The molecule has 10 heteroatoms. The van der Waals surface area contributed by atoms with Crippen molar-refractivity contribution in [1.82, 2.24) is 14.9 Å². The van der Waals surface area contributed by atoms with Crippen LogP contribution in [0.2, 0.25) is 0 Å². The maximum Gasteiger partial charge on any atom is 0.410 e. The third-order valence-corrected chi connectivity index (χ3v) is 9.57. The minimum absolute atomic E-state index is 0.0111. The summed E-state index contributed by atoms with van der Waals surface area (Å²) in [6.45, 7) is 9.06. The summed E-state index contributed by atoms with van der Waals surface area (Å²) in [6.07, 6.45) is 2.96. The van der Waals surface area contributed by atoms with E-state index in [4.69, 9.17) is 14.5 Å². The van der Waals surface area contributed by atoms with E-state index >= 15 is 8.78 Å². The molecule has 2 aliphatic heterocycles. The fourth-order valence-corrected chi connectivity index (χ4v) is 7.43. The lowest BCUT2D eigenvalue weighted by molar-refractivity contribution is -0.0753. The van der Waals surface area contributed by atoms with E-state index in [-0.39, 0.29) is 43.4 Å². The van der Waals surface area contributed by atoms with Crippen LogP contribution in [0, 0.1) is 35.8 Å². The third-order valence-electron chi connectivity index (χ3n) is 9.57. The Balaban J connectivity index is 1.28. The molecule has 1 N–H and O–H groups in total. The number of nitrogens with zero attached hydrogens (tertiary/aromatic N) is 4. The molecule has 242 valence electrons. The second-order valence-electron chi connectivity index (χ2n) is 14.5. The molecule has 8 nitrogen and oxygen atoms in total. The van der Waals surface area contributed by atoms with Crippen molar-refractivity contribution < 1.29 is 28.2 Å². The van der Waals surface area contributed by atoms with Gasteiger partial charge >= 0.3 is 12.1 Å². The summed E-state index contributed by atoms with van der Waals surface area (Å²) in [5.41, 5.74) is -0.183. The highest BCUT2D eigenvalue weighted by atomic mass is 19.1. The first-order chi connectivity index (χ1) is 21.9. The molecule has 1 amide bonds. The molecule has 1 aromatic heterocycles. The van der Waals surface area contributed by atoms with Crippen LogP contribution >= 0.6 is 0 Å². The minimum atomic E-state index is -0.768. The maximum absolute atomic E-state index is 16.8. The Kier molecular flexibility index (Phi) is 7.54. The van der Waals surface area contributed by atoms with E-state index in [0.717, 1.165) is 48.7 Å². The second-order valence-corrected chi connectivity index (χ2v) is 14.5. The molecule has 4 aromatic rings. The summed E-state index contributed by atoms with van der Waals surface area (Å²) in [7, 11) is 0. The molecule has 2 saturated heterocycles. The number of ether oxygens (including phenoxy) is 2. The molecule has 2 unspecified atom stereocenters. The SMILES string of the molecule is Cc1cc(-c2c(F)cc3c(N4CC5CCC(C5)C4)nc(OCC4(CO)CN(C(=O)OC(C)(C)C)C4)nc3c2F)c2ccccc2c1. The lowest BCUT2D eigenvalue weighted by Gasteiger charge is -2.48. The van der Waals surface area contributed by atoms with Crippen molar-refractivity contribution in [3.8, 4) is 17.1 Å². The first kappa shape index (κ1) is 30.6. The Labute approximate surface area is 267 Å². The number of carbonyl (C=O) groups is 1. The van der Waals surface area contributed by atoms with E-state index in [0.29, 0.717) is 28.6 Å². The highest BCUT2D eigenvalue weighted by molar-refractivity contribution is 6.01. The number of aryl methyl sites for hydroxylation is 1. The minimum Gasteiger partial charge on any atom is -0.463 e. The summed E-state index contributed by atoms with van der Waals surface area (Å²) < 4.78 is 44.5. The molecule has 46 heavy (non-hydrogen) atoms. The van der Waals surface area contributed by atoms with Gasteiger partial charge in [-0.05, 0) is 86.8 Å². The number of halogens is 2. The molecule has 0 spiro atoms. The molecule has 3 aromatic carbocycles. The number of aliphatic hydroxyl groups excluding tert-OH is 1. The number of carbonyl (C=O) groups excluding carboxylic acids is 1. The predicted molar refractivity (Wildman–Crippen MR) is 173 cm³/mol. The highest BCUT2D eigenvalue weighted by Crippen LogP contribution is 2.43. The summed E-state index contributed by atoms with van der Waals surface area (Å²) in [5, 5.41) is 12.2. The monoisotopic (exact) mass is 630 g/mol. The van der Waals surface area contributed by atoms with Crippen molar-refractivity contribution in [2.24, 2.45) is 17.3 Å². The van der Waals surface area contributed by atoms with Crippen LogP contribution < -0.4 is 9.64 Å².